The number of hydrogen-bond acceptors (Lipinski definition) is 4. The maximum Gasteiger partial charge on any atom is 0.311 e. The average Bonchev–Trinajstić information content (AvgIpc) is 2.42. The van der Waals surface area contributed by atoms with E-state index < -0.39 is 4.92 Å². The second-order valence-electron chi connectivity index (χ2n) is 4.88. The van der Waals surface area contributed by atoms with Gasteiger partial charge in [0.05, 0.1) is 4.92 Å². The van der Waals surface area contributed by atoms with Crippen LogP contribution in [0, 0.1) is 17.0 Å². The molecule has 0 saturated carbocycles. The van der Waals surface area contributed by atoms with E-state index in [0.717, 1.165) is 11.1 Å². The molecule has 0 aliphatic rings. The molecule has 0 saturated heterocycles. The minimum atomic E-state index is -0.516. The van der Waals surface area contributed by atoms with Crippen molar-refractivity contribution in [2.75, 3.05) is 19.7 Å². The van der Waals surface area contributed by atoms with Gasteiger partial charge in [0.25, 0.3) is 5.91 Å². The Morgan fingerprint density at radius 2 is 2.14 bits per heavy atom. The molecule has 0 fully saturated rings. The summed E-state index contributed by atoms with van der Waals surface area (Å²) in [6.07, 6.45) is 0. The number of rotatable bonds is 7. The average molecular weight is 292 g/mol. The van der Waals surface area contributed by atoms with E-state index in [1.807, 2.05) is 13.8 Å². The van der Waals surface area contributed by atoms with Gasteiger partial charge in [-0.2, -0.15) is 0 Å². The number of nitrogens with zero attached hydrogens (tertiary/aromatic N) is 2. The highest BCUT2D eigenvalue weighted by molar-refractivity contribution is 5.78. The van der Waals surface area contributed by atoms with E-state index >= 15 is 0 Å². The SMILES string of the molecule is C=C(C)CN(CC)C(=O)COc1ccc(C)cc1[N+](=O)[O-]. The summed E-state index contributed by atoms with van der Waals surface area (Å²) in [4.78, 5) is 24.1. The van der Waals surface area contributed by atoms with Crippen LogP contribution in [0.15, 0.2) is 30.4 Å². The summed E-state index contributed by atoms with van der Waals surface area (Å²) >= 11 is 0. The minimum Gasteiger partial charge on any atom is -0.477 e. The predicted molar refractivity (Wildman–Crippen MR) is 80.4 cm³/mol. The molecule has 0 radical (unpaired) electrons. The third kappa shape index (κ3) is 4.91. The smallest absolute Gasteiger partial charge is 0.311 e. The van der Waals surface area contributed by atoms with Gasteiger partial charge in [-0.15, -0.1) is 0 Å². The van der Waals surface area contributed by atoms with Crippen molar-refractivity contribution in [3.05, 3.63) is 46.0 Å². The highest BCUT2D eigenvalue weighted by Crippen LogP contribution is 2.27. The van der Waals surface area contributed by atoms with E-state index in [9.17, 15) is 14.9 Å². The fourth-order valence-electron chi connectivity index (χ4n) is 1.83. The Balaban J connectivity index is 2.77. The summed E-state index contributed by atoms with van der Waals surface area (Å²) in [5, 5.41) is 11.0. The number of benzene rings is 1. The van der Waals surface area contributed by atoms with Crippen LogP contribution in [0.1, 0.15) is 19.4 Å². The van der Waals surface area contributed by atoms with E-state index in [-0.39, 0.29) is 24.0 Å². The number of likely N-dealkylation sites (N-methyl/N-ethyl adjacent to an activating group) is 1. The molecule has 0 aliphatic carbocycles. The van der Waals surface area contributed by atoms with Crippen LogP contribution in [0.25, 0.3) is 0 Å². The summed E-state index contributed by atoms with van der Waals surface area (Å²) < 4.78 is 5.32. The van der Waals surface area contributed by atoms with Crippen molar-refractivity contribution in [2.45, 2.75) is 20.8 Å². The molecule has 0 N–H and O–H groups in total. The molecule has 21 heavy (non-hydrogen) atoms. The molecule has 0 unspecified atom stereocenters. The molecule has 0 heterocycles. The molecule has 6 nitrogen and oxygen atoms in total. The van der Waals surface area contributed by atoms with Crippen molar-refractivity contribution in [1.82, 2.24) is 4.90 Å². The lowest BCUT2D eigenvalue weighted by Crippen LogP contribution is -2.35. The molecule has 1 aromatic carbocycles. The fraction of sp³-hybridized carbons (Fsp3) is 0.400. The van der Waals surface area contributed by atoms with Crippen LogP contribution in [0.4, 0.5) is 5.69 Å². The van der Waals surface area contributed by atoms with Crippen LogP contribution in [0.5, 0.6) is 5.75 Å². The number of carbonyl (C=O) groups is 1. The lowest BCUT2D eigenvalue weighted by atomic mass is 10.2. The van der Waals surface area contributed by atoms with E-state index in [0.29, 0.717) is 13.1 Å². The second-order valence-corrected chi connectivity index (χ2v) is 4.88. The zero-order valence-electron chi connectivity index (χ0n) is 12.6. The van der Waals surface area contributed by atoms with Crippen molar-refractivity contribution >= 4 is 11.6 Å². The molecule has 1 amide bonds. The van der Waals surface area contributed by atoms with Gasteiger partial charge in [-0.3, -0.25) is 14.9 Å². The molecular formula is C15H20N2O4. The third-order valence-corrected chi connectivity index (χ3v) is 2.86. The van der Waals surface area contributed by atoms with Gasteiger partial charge < -0.3 is 9.64 Å². The van der Waals surface area contributed by atoms with Gasteiger partial charge in [0, 0.05) is 19.2 Å². The summed E-state index contributed by atoms with van der Waals surface area (Å²) in [5.74, 6) is -0.124. The second kappa shape index (κ2) is 7.42. The lowest BCUT2D eigenvalue weighted by Gasteiger charge is -2.21. The Morgan fingerprint density at radius 3 is 2.67 bits per heavy atom. The number of hydrogen-bond donors (Lipinski definition) is 0. The summed E-state index contributed by atoms with van der Waals surface area (Å²) in [6, 6.07) is 4.64. The van der Waals surface area contributed by atoms with Crippen LogP contribution in [-0.2, 0) is 4.79 Å². The monoisotopic (exact) mass is 292 g/mol. The zero-order valence-corrected chi connectivity index (χ0v) is 12.6. The topological polar surface area (TPSA) is 72.7 Å². The molecule has 0 atom stereocenters. The molecule has 6 heteroatoms. The summed E-state index contributed by atoms with van der Waals surface area (Å²) in [5.41, 5.74) is 1.50. The first-order chi connectivity index (χ1) is 9.85. The van der Waals surface area contributed by atoms with Gasteiger partial charge in [0.1, 0.15) is 0 Å². The maximum absolute atomic E-state index is 12.0. The largest absolute Gasteiger partial charge is 0.477 e. The minimum absolute atomic E-state index is 0.102. The maximum atomic E-state index is 12.0. The highest BCUT2D eigenvalue weighted by Gasteiger charge is 2.18. The first-order valence-corrected chi connectivity index (χ1v) is 6.65. The molecule has 0 spiro atoms. The molecule has 114 valence electrons. The molecule has 0 bridgehead atoms. The van der Waals surface area contributed by atoms with E-state index in [1.54, 1.807) is 17.9 Å². The molecule has 0 aliphatic heterocycles. The first-order valence-electron chi connectivity index (χ1n) is 6.65. The standard InChI is InChI=1S/C15H20N2O4/c1-5-16(9-11(2)3)15(18)10-21-14-7-6-12(4)8-13(14)17(19)20/h6-8H,2,5,9-10H2,1,3-4H3. The van der Waals surface area contributed by atoms with Crippen molar-refractivity contribution in [2.24, 2.45) is 0 Å². The quantitative estimate of drug-likeness (QED) is 0.440. The van der Waals surface area contributed by atoms with Crippen LogP contribution >= 0.6 is 0 Å². The number of amides is 1. The van der Waals surface area contributed by atoms with Gasteiger partial charge >= 0.3 is 5.69 Å². The Hall–Kier alpha value is -2.37. The van der Waals surface area contributed by atoms with Crippen LogP contribution in [-0.4, -0.2) is 35.4 Å². The van der Waals surface area contributed by atoms with Crippen LogP contribution < -0.4 is 4.74 Å². The first kappa shape index (κ1) is 16.7. The molecule has 1 rings (SSSR count). The molecule has 0 aromatic heterocycles. The van der Waals surface area contributed by atoms with E-state index in [1.165, 1.54) is 12.1 Å². The van der Waals surface area contributed by atoms with E-state index in [2.05, 4.69) is 6.58 Å². The van der Waals surface area contributed by atoms with Crippen molar-refractivity contribution < 1.29 is 14.5 Å². The Kier molecular flexibility index (Phi) is 5.90. The Labute approximate surface area is 124 Å². The number of aryl methyl sites for hydroxylation is 1. The zero-order chi connectivity index (χ0) is 16.0. The molecular weight excluding hydrogens is 272 g/mol. The van der Waals surface area contributed by atoms with Gasteiger partial charge in [-0.05, 0) is 32.4 Å². The fourth-order valence-corrected chi connectivity index (χ4v) is 1.83. The number of nitro benzene ring substituents is 1. The van der Waals surface area contributed by atoms with Crippen molar-refractivity contribution in [3.8, 4) is 5.75 Å². The van der Waals surface area contributed by atoms with Gasteiger partial charge in [-0.1, -0.05) is 18.2 Å². The van der Waals surface area contributed by atoms with Crippen LogP contribution in [0.2, 0.25) is 0 Å². The Bertz CT molecular complexity index is 555. The highest BCUT2D eigenvalue weighted by atomic mass is 16.6. The third-order valence-electron chi connectivity index (χ3n) is 2.86. The number of carbonyl (C=O) groups excluding carboxylic acids is 1. The predicted octanol–water partition coefficient (Wildman–Crippen LogP) is 2.71. The van der Waals surface area contributed by atoms with E-state index in [4.69, 9.17) is 4.74 Å². The van der Waals surface area contributed by atoms with Gasteiger partial charge in [0.2, 0.25) is 0 Å². The molecule has 1 aromatic rings. The lowest BCUT2D eigenvalue weighted by molar-refractivity contribution is -0.385. The normalized spacial score (nSPS) is 10.0. The summed E-state index contributed by atoms with van der Waals surface area (Å²) in [6.45, 7) is 9.97. The van der Waals surface area contributed by atoms with Crippen molar-refractivity contribution in [1.29, 1.82) is 0 Å². The van der Waals surface area contributed by atoms with Gasteiger partial charge in [0.15, 0.2) is 12.4 Å². The van der Waals surface area contributed by atoms with Gasteiger partial charge in [-0.25, -0.2) is 0 Å². The van der Waals surface area contributed by atoms with Crippen LogP contribution in [0.3, 0.4) is 0 Å². The van der Waals surface area contributed by atoms with Crippen molar-refractivity contribution in [3.63, 3.8) is 0 Å². The Morgan fingerprint density at radius 1 is 1.48 bits per heavy atom. The number of ether oxygens (including phenoxy) is 1. The number of nitro groups is 1. The summed E-state index contributed by atoms with van der Waals surface area (Å²) in [7, 11) is 0.